The van der Waals surface area contributed by atoms with Crippen molar-refractivity contribution in [2.24, 2.45) is 0 Å². The number of carbonyl (C=O) groups is 1. The molecule has 1 aliphatic heterocycles. The van der Waals surface area contributed by atoms with E-state index in [1.807, 2.05) is 6.92 Å². The van der Waals surface area contributed by atoms with Crippen LogP contribution in [0.4, 0.5) is 0 Å². The summed E-state index contributed by atoms with van der Waals surface area (Å²) in [4.78, 5) is 11.0. The van der Waals surface area contributed by atoms with Gasteiger partial charge < -0.3 is 14.8 Å². The minimum Gasteiger partial charge on any atom is -0.466 e. The Morgan fingerprint density at radius 3 is 3.07 bits per heavy atom. The molecule has 0 aliphatic carbocycles. The van der Waals surface area contributed by atoms with Gasteiger partial charge in [0.15, 0.2) is 0 Å². The van der Waals surface area contributed by atoms with Crippen LogP contribution in [0, 0.1) is 0 Å². The number of hydrogen-bond acceptors (Lipinski definition) is 4. The molecular formula is C11H21NO3. The Bertz CT molecular complexity index is 179. The molecule has 0 spiro atoms. The maximum absolute atomic E-state index is 11.0. The highest BCUT2D eigenvalue weighted by Crippen LogP contribution is 2.07. The van der Waals surface area contributed by atoms with E-state index in [1.54, 1.807) is 0 Å². The van der Waals surface area contributed by atoms with Gasteiger partial charge in [0.2, 0.25) is 0 Å². The minimum absolute atomic E-state index is 0.0784. The summed E-state index contributed by atoms with van der Waals surface area (Å²) in [5.74, 6) is -0.0784. The predicted octanol–water partition coefficient (Wildman–Crippen LogP) is 1.10. The maximum Gasteiger partial charge on any atom is 0.305 e. The van der Waals surface area contributed by atoms with Crippen molar-refractivity contribution in [3.8, 4) is 0 Å². The highest BCUT2D eigenvalue weighted by Gasteiger charge is 2.12. The first-order chi connectivity index (χ1) is 7.33. The topological polar surface area (TPSA) is 47.6 Å². The smallest absolute Gasteiger partial charge is 0.305 e. The van der Waals surface area contributed by atoms with Gasteiger partial charge in [0.1, 0.15) is 0 Å². The maximum atomic E-state index is 11.0. The fourth-order valence-electron chi connectivity index (χ4n) is 1.70. The predicted molar refractivity (Wildman–Crippen MR) is 57.7 cm³/mol. The van der Waals surface area contributed by atoms with Gasteiger partial charge in [-0.15, -0.1) is 0 Å². The van der Waals surface area contributed by atoms with E-state index >= 15 is 0 Å². The highest BCUT2D eigenvalue weighted by molar-refractivity contribution is 5.69. The number of rotatable bonds is 6. The van der Waals surface area contributed by atoms with E-state index in [4.69, 9.17) is 9.47 Å². The minimum atomic E-state index is -0.0784. The van der Waals surface area contributed by atoms with Crippen molar-refractivity contribution in [1.29, 1.82) is 0 Å². The number of esters is 1. The monoisotopic (exact) mass is 215 g/mol. The molecule has 0 aromatic rings. The lowest BCUT2D eigenvalue weighted by molar-refractivity contribution is -0.143. The number of nitrogens with one attached hydrogen (secondary N) is 1. The highest BCUT2D eigenvalue weighted by atomic mass is 16.5. The van der Waals surface area contributed by atoms with Crippen LogP contribution in [0.1, 0.15) is 32.6 Å². The van der Waals surface area contributed by atoms with Gasteiger partial charge in [0, 0.05) is 19.0 Å². The SMILES string of the molecule is CCOC(=O)CCCCC1COCCN1. The van der Waals surface area contributed by atoms with E-state index < -0.39 is 0 Å². The van der Waals surface area contributed by atoms with Crippen molar-refractivity contribution < 1.29 is 14.3 Å². The zero-order chi connectivity index (χ0) is 10.9. The van der Waals surface area contributed by atoms with Crippen LogP contribution < -0.4 is 5.32 Å². The van der Waals surface area contributed by atoms with Crippen LogP contribution in [0.3, 0.4) is 0 Å². The third kappa shape index (κ3) is 5.74. The van der Waals surface area contributed by atoms with Gasteiger partial charge >= 0.3 is 5.97 Å². The molecule has 15 heavy (non-hydrogen) atoms. The zero-order valence-corrected chi connectivity index (χ0v) is 9.46. The lowest BCUT2D eigenvalue weighted by atomic mass is 10.1. The van der Waals surface area contributed by atoms with Crippen molar-refractivity contribution in [1.82, 2.24) is 5.32 Å². The molecule has 0 aromatic carbocycles. The summed E-state index contributed by atoms with van der Waals surface area (Å²) >= 11 is 0. The fraction of sp³-hybridized carbons (Fsp3) is 0.909. The van der Waals surface area contributed by atoms with Crippen molar-refractivity contribution in [2.45, 2.75) is 38.6 Å². The largest absolute Gasteiger partial charge is 0.466 e. The molecule has 1 N–H and O–H groups in total. The molecule has 4 heteroatoms. The molecule has 1 fully saturated rings. The van der Waals surface area contributed by atoms with Crippen LogP contribution in [0.2, 0.25) is 0 Å². The molecule has 1 atom stereocenters. The lowest BCUT2D eigenvalue weighted by Crippen LogP contribution is -2.41. The molecule has 88 valence electrons. The average molecular weight is 215 g/mol. The summed E-state index contributed by atoms with van der Waals surface area (Å²) in [6.07, 6.45) is 3.59. The van der Waals surface area contributed by atoms with Crippen LogP contribution in [0.15, 0.2) is 0 Å². The molecule has 0 bridgehead atoms. The first-order valence-corrected chi connectivity index (χ1v) is 5.79. The summed E-state index contributed by atoms with van der Waals surface area (Å²) in [5, 5.41) is 3.39. The number of ether oxygens (including phenoxy) is 2. The van der Waals surface area contributed by atoms with Crippen molar-refractivity contribution in [2.75, 3.05) is 26.4 Å². The van der Waals surface area contributed by atoms with Gasteiger partial charge in [-0.2, -0.15) is 0 Å². The van der Waals surface area contributed by atoms with Crippen molar-refractivity contribution in [3.05, 3.63) is 0 Å². The van der Waals surface area contributed by atoms with Crippen molar-refractivity contribution in [3.63, 3.8) is 0 Å². The Kier molecular flexibility index (Phi) is 6.36. The third-order valence-corrected chi connectivity index (χ3v) is 2.49. The standard InChI is InChI=1S/C11H21NO3/c1-2-15-11(13)6-4-3-5-10-9-14-8-7-12-10/h10,12H,2-9H2,1H3. The molecule has 0 radical (unpaired) electrons. The molecule has 1 rings (SSSR count). The number of carbonyl (C=O) groups excluding carboxylic acids is 1. The van der Waals surface area contributed by atoms with Crippen LogP contribution in [-0.2, 0) is 14.3 Å². The summed E-state index contributed by atoms with van der Waals surface area (Å²) < 4.78 is 10.2. The molecule has 0 amide bonds. The molecule has 0 saturated carbocycles. The number of hydrogen-bond donors (Lipinski definition) is 1. The Hall–Kier alpha value is -0.610. The second-order valence-corrected chi connectivity index (χ2v) is 3.78. The number of morpholine rings is 1. The van der Waals surface area contributed by atoms with E-state index in [-0.39, 0.29) is 5.97 Å². The van der Waals surface area contributed by atoms with Gasteiger partial charge in [-0.05, 0) is 19.8 Å². The Morgan fingerprint density at radius 2 is 2.40 bits per heavy atom. The van der Waals surface area contributed by atoms with E-state index in [1.165, 1.54) is 0 Å². The number of unbranched alkanes of at least 4 members (excludes halogenated alkanes) is 1. The van der Waals surface area contributed by atoms with Crippen LogP contribution in [0.5, 0.6) is 0 Å². The van der Waals surface area contributed by atoms with E-state index in [2.05, 4.69) is 5.32 Å². The van der Waals surface area contributed by atoms with Crippen molar-refractivity contribution >= 4 is 5.97 Å². The molecule has 1 heterocycles. The summed E-state index contributed by atoms with van der Waals surface area (Å²) in [5.41, 5.74) is 0. The quantitative estimate of drug-likeness (QED) is 0.532. The normalized spacial score (nSPS) is 21.3. The Balaban J connectivity index is 1.93. The van der Waals surface area contributed by atoms with Gasteiger partial charge in [0.25, 0.3) is 0 Å². The first kappa shape index (κ1) is 12.5. The van der Waals surface area contributed by atoms with Gasteiger partial charge in [-0.3, -0.25) is 4.79 Å². The molecular weight excluding hydrogens is 194 g/mol. The molecule has 0 aromatic heterocycles. The van der Waals surface area contributed by atoms with Crippen LogP contribution >= 0.6 is 0 Å². The summed E-state index contributed by atoms with van der Waals surface area (Å²) in [7, 11) is 0. The second kappa shape index (κ2) is 7.65. The third-order valence-electron chi connectivity index (χ3n) is 2.49. The molecule has 1 unspecified atom stereocenters. The summed E-state index contributed by atoms with van der Waals surface area (Å²) in [6, 6.07) is 0.473. The molecule has 1 aliphatic rings. The zero-order valence-electron chi connectivity index (χ0n) is 9.46. The van der Waals surface area contributed by atoms with Gasteiger partial charge in [0.05, 0.1) is 19.8 Å². The molecule has 4 nitrogen and oxygen atoms in total. The van der Waals surface area contributed by atoms with Crippen LogP contribution in [0.25, 0.3) is 0 Å². The van der Waals surface area contributed by atoms with E-state index in [0.717, 1.165) is 39.0 Å². The lowest BCUT2D eigenvalue weighted by Gasteiger charge is -2.23. The average Bonchev–Trinajstić information content (AvgIpc) is 2.26. The fourth-order valence-corrected chi connectivity index (χ4v) is 1.70. The van der Waals surface area contributed by atoms with E-state index in [0.29, 0.717) is 19.1 Å². The molecule has 1 saturated heterocycles. The second-order valence-electron chi connectivity index (χ2n) is 3.78. The first-order valence-electron chi connectivity index (χ1n) is 5.79. The van der Waals surface area contributed by atoms with E-state index in [9.17, 15) is 4.79 Å². The van der Waals surface area contributed by atoms with Gasteiger partial charge in [-0.1, -0.05) is 6.42 Å². The van der Waals surface area contributed by atoms with Gasteiger partial charge in [-0.25, -0.2) is 0 Å². The Morgan fingerprint density at radius 1 is 1.53 bits per heavy atom. The Labute approximate surface area is 91.3 Å². The van der Waals surface area contributed by atoms with Crippen LogP contribution in [-0.4, -0.2) is 38.4 Å². The summed E-state index contributed by atoms with van der Waals surface area (Å²) in [6.45, 7) is 4.89.